The van der Waals surface area contributed by atoms with Crippen molar-refractivity contribution in [1.82, 2.24) is 79.3 Å². The minimum Gasteiger partial charge on any atom is -0.508 e. The lowest BCUT2D eigenvalue weighted by molar-refractivity contribution is -0.139. The zero-order valence-corrected chi connectivity index (χ0v) is 73.1. The maximum Gasteiger partial charge on any atom is 0.293 e. The average Bonchev–Trinajstić information content (AvgIpc) is 1.63. The smallest absolute Gasteiger partial charge is 0.293 e. The molecule has 24 N–H and O–H groups in total. The Labute approximate surface area is 746 Å². The van der Waals surface area contributed by atoms with E-state index in [1.165, 1.54) is 53.4 Å². The lowest BCUT2D eigenvalue weighted by Gasteiger charge is -2.26. The molecule has 3 fully saturated rings. The SMILES string of the molecule is CCCCC(=O)CCCCCN1C(=O)CC(SCC(N)C(=O)NCCCCCC(=O)NC(CCC(=O)NCCCCC2NC(=O)[C@@H](CCCNC(=N)N)CC(=O)CNC(=O)[C@@H](COC=O)NC(=O)[C@H](Cc3ccc(O)cc3)NC2=O)C(=O)NCCCCC2CC(=O)[C@@H](CCCNC(=N)N)NC(=O)CNC(=O)[C@@H](COC=O)NC(=O)[C@H](Cc3ccc(O)cc3)NC2=O)C1=O. The van der Waals surface area contributed by atoms with Crippen LogP contribution in [0.5, 0.6) is 11.5 Å². The van der Waals surface area contributed by atoms with Gasteiger partial charge in [-0.3, -0.25) is 107 Å². The molecule has 0 radical (unpaired) electrons. The molecule has 0 saturated carbocycles. The van der Waals surface area contributed by atoms with Crippen molar-refractivity contribution in [1.29, 1.82) is 10.8 Å². The van der Waals surface area contributed by atoms with Crippen LogP contribution in [0.25, 0.3) is 0 Å². The number of phenols is 2. The molecule has 0 bridgehead atoms. The zero-order valence-electron chi connectivity index (χ0n) is 72.3. The fourth-order valence-electron chi connectivity index (χ4n) is 14.1. The first-order valence-corrected chi connectivity index (χ1v) is 44.4. The third-order valence-corrected chi connectivity index (χ3v) is 22.6. The van der Waals surface area contributed by atoms with Crippen LogP contribution in [0.2, 0.25) is 0 Å². The summed E-state index contributed by atoms with van der Waals surface area (Å²) in [6.07, 6.45) is 4.28. The predicted molar refractivity (Wildman–Crippen MR) is 465 cm³/mol. The summed E-state index contributed by atoms with van der Waals surface area (Å²) >= 11 is 1.12. The monoisotopic (exact) mass is 1810 g/mol. The summed E-state index contributed by atoms with van der Waals surface area (Å²) < 4.78 is 9.65. The number of likely N-dealkylation sites (tertiary alicyclic amines) is 1. The number of ketones is 3. The molecule has 5 rings (SSSR count). The molecule has 3 aliphatic rings. The van der Waals surface area contributed by atoms with Crippen LogP contribution in [0.15, 0.2) is 48.5 Å². The quantitative estimate of drug-likeness (QED) is 0.0104. The second-order valence-electron chi connectivity index (χ2n) is 31.6. The molecule has 128 heavy (non-hydrogen) atoms. The first-order valence-electron chi connectivity index (χ1n) is 43.4. The van der Waals surface area contributed by atoms with E-state index in [-0.39, 0.29) is 208 Å². The molecule has 706 valence electrons. The number of nitrogens with two attached hydrogens (primary N) is 3. The molecule has 11 atom stereocenters. The highest BCUT2D eigenvalue weighted by molar-refractivity contribution is 8.00. The summed E-state index contributed by atoms with van der Waals surface area (Å²) in [5, 5.41) is 71.0. The van der Waals surface area contributed by atoms with Crippen molar-refractivity contribution >= 4 is 137 Å². The van der Waals surface area contributed by atoms with Gasteiger partial charge in [0.2, 0.25) is 82.7 Å². The molecule has 5 unspecified atom stereocenters. The summed E-state index contributed by atoms with van der Waals surface area (Å²) in [4.78, 5) is 257. The standard InChI is InChI=1S/C84H126N20O23S/c1-2-3-18-55(107)19-6-5-13-38-104-72(115)43-68(82(104)125)128-48-59(85)75(118)91-34-10-4-7-22-70(113)98-62(76(119)92-35-11-8-16-54-42-67(111)60(21-15-37-94-84(88)89)97-71(114)45-96-78(121)66(47-127-50-106)103-80(123)63(100-74(54)117)39-51-23-27-56(108)28-24-51)31-32-69(112)90-33-12-9-20-61-79(122)101-64(40-52-25-29-57(109)30-26-52)81(124)102-65(46-126-49-105)77(120)95-44-58(110)41-53(73(116)99-61)17-14-36-93-83(86)87/h23-30,49-50,53-54,59-66,68,108-109H,2-22,31-48,85H2,1H3,(H,90,112)(H,91,118)(H,92,119)(H,95,120)(H,96,121)(H,97,114)(H,98,113)(H,99,116)(H,100,117)(H,101,122)(H,102,124)(H,103,123)(H4,86,87,93)(H4,88,89,94)/t53-,54?,59?,60+,61?,62?,63-,64-,65+,66+,68?/m0/s1. The number of rotatable bonds is 52. The van der Waals surface area contributed by atoms with Crippen LogP contribution >= 0.6 is 11.8 Å². The molecular weight excluding hydrogens is 1690 g/mol. The second-order valence-corrected chi connectivity index (χ2v) is 32.8. The summed E-state index contributed by atoms with van der Waals surface area (Å²) in [7, 11) is 0. The van der Waals surface area contributed by atoms with Crippen LogP contribution in [0.3, 0.4) is 0 Å². The van der Waals surface area contributed by atoms with Crippen LogP contribution in [0.1, 0.15) is 185 Å². The molecule has 3 heterocycles. The average molecular weight is 1820 g/mol. The predicted octanol–water partition coefficient (Wildman–Crippen LogP) is -2.90. The lowest BCUT2D eigenvalue weighted by atomic mass is 9.90. The van der Waals surface area contributed by atoms with Gasteiger partial charge in [0.1, 0.15) is 66.7 Å². The number of hydrogen-bond acceptors (Lipinski definition) is 27. The maximum absolute atomic E-state index is 14.6. The highest BCUT2D eigenvalue weighted by Crippen LogP contribution is 2.27. The Hall–Kier alpha value is -12.4. The molecule has 3 aliphatic heterocycles. The number of unbranched alkanes of at least 4 members (excludes halogenated alkanes) is 7. The normalized spacial score (nSPS) is 20.4. The number of ether oxygens (including phenoxy) is 2. The number of aromatic hydroxyl groups is 2. The van der Waals surface area contributed by atoms with Crippen molar-refractivity contribution in [2.24, 2.45) is 29.0 Å². The molecule has 0 spiro atoms. The van der Waals surface area contributed by atoms with Crippen molar-refractivity contribution in [3.05, 3.63) is 59.7 Å². The van der Waals surface area contributed by atoms with E-state index in [0.29, 0.717) is 56.1 Å². The van der Waals surface area contributed by atoms with Gasteiger partial charge in [0, 0.05) is 115 Å². The van der Waals surface area contributed by atoms with E-state index < -0.39 is 187 Å². The van der Waals surface area contributed by atoms with Crippen molar-refractivity contribution in [2.75, 3.05) is 71.3 Å². The summed E-state index contributed by atoms with van der Waals surface area (Å²) in [5.41, 5.74) is 18.0. The third-order valence-electron chi connectivity index (χ3n) is 21.3. The van der Waals surface area contributed by atoms with E-state index in [9.17, 15) is 101 Å². The number of imide groups is 1. The van der Waals surface area contributed by atoms with Crippen molar-refractivity contribution in [3.63, 3.8) is 0 Å². The van der Waals surface area contributed by atoms with Gasteiger partial charge >= 0.3 is 0 Å². The number of carbonyl (C=O) groups excluding carboxylic acids is 19. The Bertz CT molecular complexity index is 4110. The number of nitrogens with zero attached hydrogens (tertiary/aromatic N) is 1. The number of phenolic OH excluding ortho intramolecular Hbond substituents is 2. The number of benzene rings is 2. The van der Waals surface area contributed by atoms with E-state index in [1.807, 2.05) is 6.92 Å². The van der Waals surface area contributed by atoms with E-state index in [1.54, 1.807) is 0 Å². The van der Waals surface area contributed by atoms with Gasteiger partial charge in [-0.25, -0.2) is 0 Å². The van der Waals surface area contributed by atoms with Crippen LogP contribution in [-0.4, -0.2) is 265 Å². The van der Waals surface area contributed by atoms with Gasteiger partial charge < -0.3 is 111 Å². The van der Waals surface area contributed by atoms with Gasteiger partial charge in [0.25, 0.3) is 12.9 Å². The van der Waals surface area contributed by atoms with Gasteiger partial charge in [0.15, 0.2) is 23.5 Å². The molecule has 44 heteroatoms. The van der Waals surface area contributed by atoms with E-state index >= 15 is 0 Å². The number of thioether (sulfide) groups is 1. The Kier molecular flexibility index (Phi) is 48.8. The highest BCUT2D eigenvalue weighted by atomic mass is 32.2. The summed E-state index contributed by atoms with van der Waals surface area (Å²) in [5.74, 6) is -14.4. The fraction of sp³-hybridized carbons (Fsp3) is 0.607. The molecule has 43 nitrogen and oxygen atoms in total. The molecule has 3 saturated heterocycles. The van der Waals surface area contributed by atoms with Crippen molar-refractivity contribution in [2.45, 2.75) is 240 Å². The van der Waals surface area contributed by atoms with Crippen molar-refractivity contribution in [3.8, 4) is 11.5 Å². The Morgan fingerprint density at radius 2 is 0.977 bits per heavy atom. The number of carbonyl (C=O) groups is 19. The lowest BCUT2D eigenvalue weighted by Crippen LogP contribution is -2.58. The molecule has 2 aromatic carbocycles. The van der Waals surface area contributed by atoms with Crippen LogP contribution in [0, 0.1) is 22.7 Å². The third kappa shape index (κ3) is 41.4. The minimum absolute atomic E-state index is 0.0288. The van der Waals surface area contributed by atoms with Crippen LogP contribution < -0.4 is 91.6 Å². The fourth-order valence-corrected chi connectivity index (χ4v) is 15.2. The first-order chi connectivity index (χ1) is 61.3. The highest BCUT2D eigenvalue weighted by Gasteiger charge is 2.40. The van der Waals surface area contributed by atoms with E-state index in [2.05, 4.69) is 74.4 Å². The first kappa shape index (κ1) is 106. The number of amides is 14. The minimum atomic E-state index is -1.59. The van der Waals surface area contributed by atoms with Gasteiger partial charge in [0.05, 0.1) is 30.4 Å². The van der Waals surface area contributed by atoms with Crippen molar-refractivity contribution < 1.29 is 111 Å². The molecule has 2 aromatic rings. The van der Waals surface area contributed by atoms with Crippen LogP contribution in [0.4, 0.5) is 0 Å². The van der Waals surface area contributed by atoms with Gasteiger partial charge in [-0.15, -0.1) is 11.8 Å². The Balaban J connectivity index is 1.30. The topological polar surface area (TPSA) is 681 Å². The molecule has 0 aromatic heterocycles. The molecule has 0 aliphatic carbocycles. The zero-order chi connectivity index (χ0) is 93.9. The molecular formula is C84H126N20O23S. The number of nitrogens with one attached hydrogen (secondary N) is 16. The van der Waals surface area contributed by atoms with Gasteiger partial charge in [-0.2, -0.15) is 0 Å². The number of hydrogen-bond donors (Lipinski definition) is 21. The van der Waals surface area contributed by atoms with Crippen LogP contribution in [-0.2, 0) is 113 Å². The second kappa shape index (κ2) is 58.8. The maximum atomic E-state index is 14.6. The molecule has 14 amide bonds. The van der Waals surface area contributed by atoms with Gasteiger partial charge in [-0.05, 0) is 132 Å². The van der Waals surface area contributed by atoms with E-state index in [0.717, 1.165) is 24.6 Å². The summed E-state index contributed by atoms with van der Waals surface area (Å²) in [6, 6.07) is 0.130. The van der Waals surface area contributed by atoms with E-state index in [4.69, 9.17) is 37.5 Å². The Morgan fingerprint density at radius 1 is 0.500 bits per heavy atom. The summed E-state index contributed by atoms with van der Waals surface area (Å²) in [6.45, 7) is -0.131. The largest absolute Gasteiger partial charge is 0.508 e. The number of guanidine groups is 2. The Morgan fingerprint density at radius 3 is 1.56 bits per heavy atom. The van der Waals surface area contributed by atoms with Gasteiger partial charge in [-0.1, -0.05) is 56.9 Å². The number of Topliss-reactive ketones (excluding diaryl/α,β-unsaturated/α-hetero) is 3.